The van der Waals surface area contributed by atoms with Crippen LogP contribution in [0.25, 0.3) is 0 Å². The molecule has 4 aliphatic rings. The molecule has 2 nitrogen and oxygen atoms in total. The third-order valence-electron chi connectivity index (χ3n) is 7.91. The fourth-order valence-corrected chi connectivity index (χ4v) is 6.73. The molecular weight excluding hydrogens is 258 g/mol. The molecule has 0 radical (unpaired) electrons. The number of fused-ring (bicyclic) bond motifs is 5. The predicted octanol–water partition coefficient (Wildman–Crippen LogP) is 4.02. The number of carbonyl (C=O) groups excluding carboxylic acids is 1. The molecule has 0 saturated heterocycles. The monoisotopic (exact) mass is 287 g/mol. The van der Waals surface area contributed by atoms with Crippen LogP contribution in [0.5, 0.6) is 0 Å². The molecule has 6 atom stereocenters. The lowest BCUT2D eigenvalue weighted by atomic mass is 9.48. The zero-order chi connectivity index (χ0) is 14.8. The highest BCUT2D eigenvalue weighted by molar-refractivity contribution is 5.89. The van der Waals surface area contributed by atoms with E-state index in [2.05, 4.69) is 19.9 Å². The van der Waals surface area contributed by atoms with Crippen molar-refractivity contribution in [2.24, 2.45) is 28.6 Å². The number of carbonyl (C=O) groups is 1. The van der Waals surface area contributed by atoms with E-state index < -0.39 is 0 Å². The number of nitrogens with zero attached hydrogens (tertiary/aromatic N) is 1. The van der Waals surface area contributed by atoms with Crippen molar-refractivity contribution in [3.05, 3.63) is 12.2 Å². The number of likely N-dealkylation sites (N-methyl/N-ethyl adjacent to an activating group) is 1. The third-order valence-corrected chi connectivity index (χ3v) is 7.91. The smallest absolute Gasteiger partial charge is 0.246 e. The van der Waals surface area contributed by atoms with Gasteiger partial charge in [-0.3, -0.25) is 4.79 Å². The fourth-order valence-electron chi connectivity index (χ4n) is 6.73. The van der Waals surface area contributed by atoms with Crippen molar-refractivity contribution >= 4 is 5.91 Å². The maximum Gasteiger partial charge on any atom is 0.246 e. The number of amides is 1. The molecule has 116 valence electrons. The van der Waals surface area contributed by atoms with Crippen LogP contribution in [0.4, 0.5) is 0 Å². The third kappa shape index (κ3) is 1.74. The van der Waals surface area contributed by atoms with E-state index in [1.807, 2.05) is 18.0 Å². The Morgan fingerprint density at radius 1 is 1.10 bits per heavy atom. The molecule has 0 N–H and O–H groups in total. The summed E-state index contributed by atoms with van der Waals surface area (Å²) in [6, 6.07) is 0.432. The van der Waals surface area contributed by atoms with E-state index in [1.54, 1.807) is 0 Å². The van der Waals surface area contributed by atoms with E-state index in [1.165, 1.54) is 44.9 Å². The van der Waals surface area contributed by atoms with Crippen LogP contribution < -0.4 is 0 Å². The Labute approximate surface area is 129 Å². The molecule has 0 aromatic heterocycles. The van der Waals surface area contributed by atoms with E-state index in [9.17, 15) is 4.79 Å². The number of rotatable bonds is 0. The van der Waals surface area contributed by atoms with Crippen LogP contribution in [0, 0.1) is 28.6 Å². The lowest BCUT2D eigenvalue weighted by molar-refractivity contribution is -0.138. The van der Waals surface area contributed by atoms with Gasteiger partial charge in [-0.2, -0.15) is 0 Å². The van der Waals surface area contributed by atoms with Gasteiger partial charge in [0.15, 0.2) is 0 Å². The second kappa shape index (κ2) is 4.36. The lowest BCUT2D eigenvalue weighted by Crippen LogP contribution is -2.59. The summed E-state index contributed by atoms with van der Waals surface area (Å²) in [5.74, 6) is 2.85. The zero-order valence-electron chi connectivity index (χ0n) is 13.8. The van der Waals surface area contributed by atoms with Gasteiger partial charge in [0.25, 0.3) is 0 Å². The summed E-state index contributed by atoms with van der Waals surface area (Å²) in [5.41, 5.74) is 0.847. The van der Waals surface area contributed by atoms with Crippen LogP contribution in [0.1, 0.15) is 58.8 Å². The van der Waals surface area contributed by atoms with Crippen LogP contribution in [-0.4, -0.2) is 23.9 Å². The minimum atomic E-state index is 0.206. The summed E-state index contributed by atoms with van der Waals surface area (Å²) in [7, 11) is 2.01. The normalized spacial score (nSPS) is 52.3. The molecule has 1 heterocycles. The van der Waals surface area contributed by atoms with Gasteiger partial charge in [-0.25, -0.2) is 0 Å². The minimum absolute atomic E-state index is 0.206. The Kier molecular flexibility index (Phi) is 2.88. The van der Waals surface area contributed by atoms with Gasteiger partial charge in [-0.1, -0.05) is 26.3 Å². The van der Waals surface area contributed by atoms with Crippen molar-refractivity contribution in [1.82, 2.24) is 4.90 Å². The molecule has 0 aromatic rings. The highest BCUT2D eigenvalue weighted by atomic mass is 16.2. The summed E-state index contributed by atoms with van der Waals surface area (Å²) in [5, 5.41) is 0. The van der Waals surface area contributed by atoms with Gasteiger partial charge in [-0.05, 0) is 67.8 Å². The Morgan fingerprint density at radius 2 is 1.90 bits per heavy atom. The Morgan fingerprint density at radius 3 is 2.71 bits per heavy atom. The quantitative estimate of drug-likeness (QED) is 0.659. The molecule has 0 unspecified atom stereocenters. The van der Waals surface area contributed by atoms with Crippen molar-refractivity contribution < 1.29 is 4.79 Å². The molecule has 3 aliphatic carbocycles. The van der Waals surface area contributed by atoms with Crippen molar-refractivity contribution in [3.8, 4) is 0 Å². The van der Waals surface area contributed by atoms with Crippen LogP contribution >= 0.6 is 0 Å². The molecule has 0 spiro atoms. The van der Waals surface area contributed by atoms with E-state index >= 15 is 0 Å². The van der Waals surface area contributed by atoms with Crippen LogP contribution in [0.2, 0.25) is 0 Å². The molecule has 0 bridgehead atoms. The van der Waals surface area contributed by atoms with Crippen molar-refractivity contribution in [2.45, 2.75) is 64.8 Å². The van der Waals surface area contributed by atoms with Crippen molar-refractivity contribution in [3.63, 3.8) is 0 Å². The first kappa shape index (κ1) is 13.8. The van der Waals surface area contributed by atoms with E-state index in [4.69, 9.17) is 0 Å². The fraction of sp³-hybridized carbons (Fsp3) is 0.842. The van der Waals surface area contributed by atoms with Crippen molar-refractivity contribution in [2.75, 3.05) is 7.05 Å². The minimum Gasteiger partial charge on any atom is -0.338 e. The first-order valence-electron chi connectivity index (χ1n) is 8.92. The molecule has 0 aromatic carbocycles. The van der Waals surface area contributed by atoms with Gasteiger partial charge in [0.1, 0.15) is 0 Å². The first-order valence-corrected chi connectivity index (χ1v) is 8.92. The van der Waals surface area contributed by atoms with Gasteiger partial charge in [0, 0.05) is 18.5 Å². The van der Waals surface area contributed by atoms with E-state index in [0.29, 0.717) is 11.5 Å². The number of hydrogen-bond donors (Lipinski definition) is 0. The zero-order valence-corrected chi connectivity index (χ0v) is 13.8. The average molecular weight is 287 g/mol. The average Bonchev–Trinajstić information content (AvgIpc) is 2.85. The van der Waals surface area contributed by atoms with Crippen LogP contribution in [0.15, 0.2) is 12.2 Å². The van der Waals surface area contributed by atoms with Gasteiger partial charge >= 0.3 is 0 Å². The lowest BCUT2D eigenvalue weighted by Gasteiger charge is -2.59. The second-order valence-electron chi connectivity index (χ2n) is 8.70. The van der Waals surface area contributed by atoms with Gasteiger partial charge < -0.3 is 4.90 Å². The van der Waals surface area contributed by atoms with E-state index in [0.717, 1.165) is 17.8 Å². The largest absolute Gasteiger partial charge is 0.338 e. The maximum atomic E-state index is 12.0. The Hall–Kier alpha value is -0.790. The van der Waals surface area contributed by atoms with Crippen LogP contribution in [0.3, 0.4) is 0 Å². The topological polar surface area (TPSA) is 20.3 Å². The molecule has 2 heteroatoms. The first-order chi connectivity index (χ1) is 9.96. The van der Waals surface area contributed by atoms with Gasteiger partial charge in [0.2, 0.25) is 5.91 Å². The molecule has 3 saturated carbocycles. The maximum absolute atomic E-state index is 12.0. The standard InChI is InChI=1S/C19H29NO/c1-18-10-4-5-14(18)13-6-7-16-19(2,15(13)8-11-18)12-9-17(21)20(16)3/h9,12-16H,4-8,10-11H2,1-3H3/t13-,14-,15-,16+,18-,19+/m0/s1. The summed E-state index contributed by atoms with van der Waals surface area (Å²) in [6.45, 7) is 4.99. The predicted molar refractivity (Wildman–Crippen MR) is 84.7 cm³/mol. The van der Waals surface area contributed by atoms with Crippen molar-refractivity contribution in [1.29, 1.82) is 0 Å². The summed E-state index contributed by atoms with van der Waals surface area (Å²) in [6.07, 6.45) is 13.8. The van der Waals surface area contributed by atoms with Crippen LogP contribution in [-0.2, 0) is 4.79 Å². The van der Waals surface area contributed by atoms with Gasteiger partial charge in [-0.15, -0.1) is 0 Å². The summed E-state index contributed by atoms with van der Waals surface area (Å²) < 4.78 is 0. The van der Waals surface area contributed by atoms with E-state index in [-0.39, 0.29) is 11.3 Å². The molecular formula is C19H29NO. The Bertz CT molecular complexity index is 498. The molecule has 1 amide bonds. The number of hydrogen-bond acceptors (Lipinski definition) is 1. The summed E-state index contributed by atoms with van der Waals surface area (Å²) >= 11 is 0. The molecule has 1 aliphatic heterocycles. The van der Waals surface area contributed by atoms with Gasteiger partial charge in [0.05, 0.1) is 0 Å². The highest BCUT2D eigenvalue weighted by Crippen LogP contribution is 2.63. The molecule has 3 fully saturated rings. The highest BCUT2D eigenvalue weighted by Gasteiger charge is 2.57. The second-order valence-corrected chi connectivity index (χ2v) is 8.70. The summed E-state index contributed by atoms with van der Waals surface area (Å²) in [4.78, 5) is 14.1. The molecule has 21 heavy (non-hydrogen) atoms. The molecule has 4 rings (SSSR count). The Balaban J connectivity index is 1.70. The SMILES string of the molecule is CN1C(=O)C=C[C@]2(C)[C@H]3CC[C@]4(C)CCC[C@H]4[C@@H]3CC[C@@H]12.